The second-order valence-electron chi connectivity index (χ2n) is 9.04. The molecule has 1 aliphatic carbocycles. The van der Waals surface area contributed by atoms with Gasteiger partial charge >= 0.3 is 0 Å². The van der Waals surface area contributed by atoms with E-state index in [2.05, 4.69) is 29.9 Å². The van der Waals surface area contributed by atoms with Crippen LogP contribution in [0, 0.1) is 6.92 Å². The van der Waals surface area contributed by atoms with Gasteiger partial charge in [0.05, 0.1) is 24.1 Å². The molecule has 0 N–H and O–H groups in total. The Morgan fingerprint density at radius 1 is 1.21 bits per heavy atom. The predicted octanol–water partition coefficient (Wildman–Crippen LogP) is 6.97. The van der Waals surface area contributed by atoms with Crippen LogP contribution in [0.3, 0.4) is 0 Å². The minimum atomic E-state index is 0.113. The van der Waals surface area contributed by atoms with Gasteiger partial charge in [0.2, 0.25) is 0 Å². The van der Waals surface area contributed by atoms with Gasteiger partial charge in [-0.1, -0.05) is 32.6 Å². The molecule has 33 heavy (non-hydrogen) atoms. The highest BCUT2D eigenvalue weighted by atomic mass is 32.1. The molecule has 2 aromatic heterocycles. The van der Waals surface area contributed by atoms with Crippen molar-refractivity contribution in [1.29, 1.82) is 0 Å². The normalized spacial score (nSPS) is 14.4. The summed E-state index contributed by atoms with van der Waals surface area (Å²) in [4.78, 5) is 20.2. The monoisotopic (exact) mass is 465 g/mol. The Kier molecular flexibility index (Phi) is 7.53. The van der Waals surface area contributed by atoms with Crippen LogP contribution in [0.15, 0.2) is 35.7 Å². The van der Waals surface area contributed by atoms with E-state index in [1.165, 1.54) is 19.3 Å². The summed E-state index contributed by atoms with van der Waals surface area (Å²) in [5.74, 6) is 0.954. The van der Waals surface area contributed by atoms with Crippen molar-refractivity contribution in [2.45, 2.75) is 64.8 Å². The number of carbonyl (C=O) groups excluding carboxylic acids is 1. The molecule has 2 heterocycles. The molecule has 5 nitrogen and oxygen atoms in total. The lowest BCUT2D eigenvalue weighted by Crippen LogP contribution is -2.28. The molecule has 0 unspecified atom stereocenters. The van der Waals surface area contributed by atoms with Gasteiger partial charge < -0.3 is 14.2 Å². The fraction of sp³-hybridized carbons (Fsp3) is 0.481. The number of unbranched alkanes of at least 4 members (excludes halogenated alkanes) is 1. The predicted molar refractivity (Wildman–Crippen MR) is 136 cm³/mol. The van der Waals surface area contributed by atoms with E-state index in [1.54, 1.807) is 18.4 Å². The summed E-state index contributed by atoms with van der Waals surface area (Å²) >= 11 is 1.65. The van der Waals surface area contributed by atoms with Crippen LogP contribution in [0.1, 0.15) is 74.0 Å². The van der Waals surface area contributed by atoms with Gasteiger partial charge in [-0.05, 0) is 56.5 Å². The number of hydrogen-bond acceptors (Lipinski definition) is 4. The molecule has 0 bridgehead atoms. The molecule has 0 aliphatic heterocycles. The van der Waals surface area contributed by atoms with E-state index in [0.717, 1.165) is 71.2 Å². The highest BCUT2D eigenvalue weighted by molar-refractivity contribution is 7.13. The summed E-state index contributed by atoms with van der Waals surface area (Å²) in [6.45, 7) is 5.05. The Balaban J connectivity index is 1.72. The van der Waals surface area contributed by atoms with Gasteiger partial charge in [0.1, 0.15) is 10.8 Å². The van der Waals surface area contributed by atoms with Gasteiger partial charge in [-0.25, -0.2) is 4.98 Å². The van der Waals surface area contributed by atoms with Crippen LogP contribution in [0.4, 0.5) is 0 Å². The number of thiazole rings is 1. The van der Waals surface area contributed by atoms with Crippen LogP contribution in [-0.2, 0) is 0 Å². The lowest BCUT2D eigenvalue weighted by molar-refractivity contribution is 0.0792. The number of hydrogen-bond donors (Lipinski definition) is 0. The maximum absolute atomic E-state index is 13.3. The number of nitrogens with zero attached hydrogens (tertiary/aromatic N) is 3. The Bertz CT molecular complexity index is 1080. The highest BCUT2D eigenvalue weighted by Crippen LogP contribution is 2.38. The molecule has 4 rings (SSSR count). The smallest absolute Gasteiger partial charge is 0.255 e. The first-order chi connectivity index (χ1) is 16.0. The molecule has 0 spiro atoms. The topological polar surface area (TPSA) is 47.4 Å². The van der Waals surface area contributed by atoms with Crippen molar-refractivity contribution in [3.63, 3.8) is 0 Å². The second kappa shape index (κ2) is 10.6. The summed E-state index contributed by atoms with van der Waals surface area (Å²) in [7, 11) is 3.59. The zero-order valence-electron chi connectivity index (χ0n) is 20.3. The molecule has 0 radical (unpaired) electrons. The quantitative estimate of drug-likeness (QED) is 0.361. The molecule has 176 valence electrons. The zero-order valence-corrected chi connectivity index (χ0v) is 21.1. The Morgan fingerprint density at radius 2 is 1.94 bits per heavy atom. The molecule has 0 saturated heterocycles. The standard InChI is InChI=1S/C27H35N3O2S/c1-5-6-16-29(3)27(31)23-17-25(30(19(23)2)21-10-8-7-9-11-21)24-18-33-26(28-24)20-12-14-22(32-4)15-13-20/h12-15,17-18,21H,5-11,16H2,1-4H3. The average molecular weight is 466 g/mol. The lowest BCUT2D eigenvalue weighted by atomic mass is 9.95. The van der Waals surface area contributed by atoms with Crippen LogP contribution in [0.5, 0.6) is 5.75 Å². The third kappa shape index (κ3) is 5.01. The van der Waals surface area contributed by atoms with Crippen LogP contribution in [0.2, 0.25) is 0 Å². The maximum atomic E-state index is 13.3. The Hall–Kier alpha value is -2.60. The van der Waals surface area contributed by atoms with E-state index in [-0.39, 0.29) is 5.91 Å². The highest BCUT2D eigenvalue weighted by Gasteiger charge is 2.27. The van der Waals surface area contributed by atoms with E-state index in [0.29, 0.717) is 6.04 Å². The second-order valence-corrected chi connectivity index (χ2v) is 9.90. The molecule has 3 aromatic rings. The number of carbonyl (C=O) groups is 1. The third-order valence-electron chi connectivity index (χ3n) is 6.76. The molecular weight excluding hydrogens is 430 g/mol. The first-order valence-corrected chi connectivity index (χ1v) is 13.0. The lowest BCUT2D eigenvalue weighted by Gasteiger charge is -2.27. The zero-order chi connectivity index (χ0) is 23.4. The van der Waals surface area contributed by atoms with Crippen LogP contribution >= 0.6 is 11.3 Å². The van der Waals surface area contributed by atoms with E-state index >= 15 is 0 Å². The van der Waals surface area contributed by atoms with Gasteiger partial charge in [0, 0.05) is 36.3 Å². The van der Waals surface area contributed by atoms with Crippen molar-refractivity contribution in [2.75, 3.05) is 20.7 Å². The van der Waals surface area contributed by atoms with Crippen LogP contribution in [0.25, 0.3) is 22.0 Å². The minimum Gasteiger partial charge on any atom is -0.497 e. The molecular formula is C27H35N3O2S. The molecule has 6 heteroatoms. The van der Waals surface area contributed by atoms with Crippen LogP contribution < -0.4 is 4.74 Å². The maximum Gasteiger partial charge on any atom is 0.255 e. The number of rotatable bonds is 8. The van der Waals surface area contributed by atoms with E-state index in [4.69, 9.17) is 9.72 Å². The van der Waals surface area contributed by atoms with Gasteiger partial charge in [0.15, 0.2) is 0 Å². The average Bonchev–Trinajstić information content (AvgIpc) is 3.47. The van der Waals surface area contributed by atoms with Gasteiger partial charge in [-0.2, -0.15) is 0 Å². The molecule has 1 aromatic carbocycles. The molecule has 1 fully saturated rings. The molecule has 0 atom stereocenters. The van der Waals surface area contributed by atoms with Crippen molar-refractivity contribution in [3.8, 4) is 27.7 Å². The summed E-state index contributed by atoms with van der Waals surface area (Å²) in [6, 6.07) is 10.5. The summed E-state index contributed by atoms with van der Waals surface area (Å²) in [5, 5.41) is 3.11. The summed E-state index contributed by atoms with van der Waals surface area (Å²) in [6.07, 6.45) is 8.22. The fourth-order valence-corrected chi connectivity index (χ4v) is 5.62. The number of benzene rings is 1. The van der Waals surface area contributed by atoms with Gasteiger partial charge in [0.25, 0.3) is 5.91 Å². The van der Waals surface area contributed by atoms with Crippen molar-refractivity contribution in [1.82, 2.24) is 14.5 Å². The van der Waals surface area contributed by atoms with Gasteiger partial charge in [-0.15, -0.1) is 11.3 Å². The first kappa shape index (κ1) is 23.6. The van der Waals surface area contributed by atoms with Crippen molar-refractivity contribution in [3.05, 3.63) is 47.0 Å². The van der Waals surface area contributed by atoms with Crippen LogP contribution in [-0.4, -0.2) is 41.1 Å². The van der Waals surface area contributed by atoms with Crippen molar-refractivity contribution < 1.29 is 9.53 Å². The summed E-state index contributed by atoms with van der Waals surface area (Å²) in [5.41, 5.74) is 4.99. The van der Waals surface area contributed by atoms with Crippen molar-refractivity contribution in [2.24, 2.45) is 0 Å². The largest absolute Gasteiger partial charge is 0.497 e. The van der Waals surface area contributed by atoms with Crippen molar-refractivity contribution >= 4 is 17.2 Å². The number of aromatic nitrogens is 2. The third-order valence-corrected chi connectivity index (χ3v) is 7.65. The Labute approximate surface area is 201 Å². The fourth-order valence-electron chi connectivity index (χ4n) is 4.80. The molecule has 1 amide bonds. The van der Waals surface area contributed by atoms with Gasteiger partial charge in [-0.3, -0.25) is 4.79 Å². The minimum absolute atomic E-state index is 0.113. The van der Waals surface area contributed by atoms with E-state index in [9.17, 15) is 4.79 Å². The Morgan fingerprint density at radius 3 is 2.61 bits per heavy atom. The number of amides is 1. The summed E-state index contributed by atoms with van der Waals surface area (Å²) < 4.78 is 7.70. The first-order valence-electron chi connectivity index (χ1n) is 12.1. The molecule has 1 aliphatic rings. The van der Waals surface area contributed by atoms with E-state index < -0.39 is 0 Å². The molecule has 1 saturated carbocycles. The number of methoxy groups -OCH3 is 1. The number of ether oxygens (including phenoxy) is 1. The SMILES string of the molecule is CCCCN(C)C(=O)c1cc(-c2csc(-c3ccc(OC)cc3)n2)n(C2CCCCC2)c1C. The van der Waals surface area contributed by atoms with E-state index in [1.807, 2.05) is 36.2 Å².